The molecular weight excluding hydrogens is 176 g/mol. The Labute approximate surface area is 85.5 Å². The highest BCUT2D eigenvalue weighted by Crippen LogP contribution is 2.07. The second kappa shape index (κ2) is 5.78. The number of aliphatic hydroxyl groups excluding tert-OH is 1. The van der Waals surface area contributed by atoms with Gasteiger partial charge in [-0.2, -0.15) is 0 Å². The van der Waals surface area contributed by atoms with Crippen LogP contribution in [0.5, 0.6) is 0 Å². The first-order valence-electron chi connectivity index (χ1n) is 5.04. The van der Waals surface area contributed by atoms with Crippen LogP contribution in [0.1, 0.15) is 18.1 Å². The van der Waals surface area contributed by atoms with E-state index in [2.05, 4.69) is 31.2 Å². The highest BCUT2D eigenvalue weighted by Gasteiger charge is 2.07. The van der Waals surface area contributed by atoms with Gasteiger partial charge in [-0.1, -0.05) is 29.8 Å². The van der Waals surface area contributed by atoms with Crippen LogP contribution >= 0.6 is 0 Å². The van der Waals surface area contributed by atoms with Gasteiger partial charge in [0.25, 0.3) is 0 Å². The third-order valence-electron chi connectivity index (χ3n) is 2.19. The summed E-state index contributed by atoms with van der Waals surface area (Å²) in [6, 6.07) is 8.32. The van der Waals surface area contributed by atoms with Gasteiger partial charge in [-0.3, -0.25) is 0 Å². The molecule has 0 heterocycles. The van der Waals surface area contributed by atoms with Crippen LogP contribution in [0.3, 0.4) is 0 Å². The smallest absolute Gasteiger partial charge is 0.0845 e. The van der Waals surface area contributed by atoms with Gasteiger partial charge in [-0.15, -0.1) is 0 Å². The van der Waals surface area contributed by atoms with Gasteiger partial charge in [0.1, 0.15) is 0 Å². The summed E-state index contributed by atoms with van der Waals surface area (Å²) in [6.45, 7) is 4.74. The lowest BCUT2D eigenvalue weighted by atomic mass is 10.1. The minimum Gasteiger partial charge on any atom is -0.394 e. The molecule has 1 unspecified atom stereocenters. The minimum absolute atomic E-state index is 0.0669. The highest BCUT2D eigenvalue weighted by molar-refractivity contribution is 5.21. The average molecular weight is 194 g/mol. The van der Waals surface area contributed by atoms with Gasteiger partial charge < -0.3 is 9.84 Å². The van der Waals surface area contributed by atoms with Crippen LogP contribution in [-0.4, -0.2) is 24.4 Å². The average Bonchev–Trinajstić information content (AvgIpc) is 2.20. The van der Waals surface area contributed by atoms with E-state index in [4.69, 9.17) is 9.84 Å². The van der Waals surface area contributed by atoms with Crippen LogP contribution in [0, 0.1) is 6.92 Å². The van der Waals surface area contributed by atoms with E-state index >= 15 is 0 Å². The van der Waals surface area contributed by atoms with E-state index in [1.165, 1.54) is 11.1 Å². The van der Waals surface area contributed by atoms with Crippen molar-refractivity contribution in [2.45, 2.75) is 26.4 Å². The molecule has 0 aliphatic rings. The van der Waals surface area contributed by atoms with Crippen LogP contribution in [0.25, 0.3) is 0 Å². The van der Waals surface area contributed by atoms with Gasteiger partial charge in [-0.25, -0.2) is 0 Å². The molecule has 0 bridgehead atoms. The molecule has 78 valence electrons. The Morgan fingerprint density at radius 2 is 1.93 bits per heavy atom. The van der Waals surface area contributed by atoms with Crippen molar-refractivity contribution in [1.82, 2.24) is 0 Å². The van der Waals surface area contributed by atoms with E-state index in [1.54, 1.807) is 0 Å². The van der Waals surface area contributed by atoms with Crippen LogP contribution < -0.4 is 0 Å². The number of aliphatic hydroxyl groups is 1. The van der Waals surface area contributed by atoms with Crippen molar-refractivity contribution in [2.24, 2.45) is 0 Å². The number of benzene rings is 1. The van der Waals surface area contributed by atoms with Gasteiger partial charge in [0, 0.05) is 13.0 Å². The molecule has 14 heavy (non-hydrogen) atoms. The van der Waals surface area contributed by atoms with Gasteiger partial charge in [0.05, 0.1) is 12.7 Å². The SMILES string of the molecule is CCOC(CO)Cc1ccc(C)cc1. The maximum Gasteiger partial charge on any atom is 0.0845 e. The first-order valence-corrected chi connectivity index (χ1v) is 5.04. The summed E-state index contributed by atoms with van der Waals surface area (Å²) in [5, 5.41) is 9.05. The van der Waals surface area contributed by atoms with Gasteiger partial charge in [-0.05, 0) is 19.4 Å². The van der Waals surface area contributed by atoms with Gasteiger partial charge in [0.15, 0.2) is 0 Å². The number of hydrogen-bond donors (Lipinski definition) is 1. The molecule has 2 heteroatoms. The largest absolute Gasteiger partial charge is 0.394 e. The van der Waals surface area contributed by atoms with Crippen LogP contribution in [0.15, 0.2) is 24.3 Å². The molecule has 1 rings (SSSR count). The number of rotatable bonds is 5. The van der Waals surface area contributed by atoms with Crippen molar-refractivity contribution in [1.29, 1.82) is 0 Å². The van der Waals surface area contributed by atoms with Gasteiger partial charge in [0.2, 0.25) is 0 Å². The third-order valence-corrected chi connectivity index (χ3v) is 2.19. The predicted octanol–water partition coefficient (Wildman–Crippen LogP) is 1.93. The predicted molar refractivity (Wildman–Crippen MR) is 57.4 cm³/mol. The lowest BCUT2D eigenvalue weighted by Gasteiger charge is -2.14. The zero-order valence-electron chi connectivity index (χ0n) is 8.86. The molecule has 2 nitrogen and oxygen atoms in total. The number of aryl methyl sites for hydroxylation is 1. The fourth-order valence-corrected chi connectivity index (χ4v) is 1.40. The van der Waals surface area contributed by atoms with E-state index in [1.807, 2.05) is 6.92 Å². The fraction of sp³-hybridized carbons (Fsp3) is 0.500. The Balaban J connectivity index is 2.53. The second-order valence-electron chi connectivity index (χ2n) is 3.45. The Morgan fingerprint density at radius 3 is 2.43 bits per heavy atom. The summed E-state index contributed by atoms with van der Waals surface area (Å²) in [5.41, 5.74) is 2.47. The zero-order valence-corrected chi connectivity index (χ0v) is 8.86. The molecule has 0 aliphatic heterocycles. The van der Waals surface area contributed by atoms with Crippen molar-refractivity contribution >= 4 is 0 Å². The summed E-state index contributed by atoms with van der Waals surface area (Å²) in [7, 11) is 0. The summed E-state index contributed by atoms with van der Waals surface area (Å²) >= 11 is 0. The summed E-state index contributed by atoms with van der Waals surface area (Å²) < 4.78 is 5.38. The highest BCUT2D eigenvalue weighted by atomic mass is 16.5. The van der Waals surface area contributed by atoms with Gasteiger partial charge >= 0.3 is 0 Å². The Kier molecular flexibility index (Phi) is 4.63. The molecule has 0 saturated carbocycles. The van der Waals surface area contributed by atoms with E-state index < -0.39 is 0 Å². The Bertz CT molecular complexity index is 254. The van der Waals surface area contributed by atoms with Crippen LogP contribution in [0.2, 0.25) is 0 Å². The fourth-order valence-electron chi connectivity index (χ4n) is 1.40. The van der Waals surface area contributed by atoms with Crippen LogP contribution in [0.4, 0.5) is 0 Å². The Morgan fingerprint density at radius 1 is 1.29 bits per heavy atom. The van der Waals surface area contributed by atoms with Crippen molar-refractivity contribution in [3.05, 3.63) is 35.4 Å². The zero-order chi connectivity index (χ0) is 10.4. The summed E-state index contributed by atoms with van der Waals surface area (Å²) in [6.07, 6.45) is 0.715. The summed E-state index contributed by atoms with van der Waals surface area (Å²) in [4.78, 5) is 0. The summed E-state index contributed by atoms with van der Waals surface area (Å²) in [5.74, 6) is 0. The first kappa shape index (κ1) is 11.2. The maximum atomic E-state index is 9.05. The molecule has 1 aromatic carbocycles. The molecule has 0 amide bonds. The normalized spacial score (nSPS) is 12.8. The van der Waals surface area contributed by atoms with Crippen molar-refractivity contribution in [3.63, 3.8) is 0 Å². The molecule has 1 atom stereocenters. The van der Waals surface area contributed by atoms with Crippen molar-refractivity contribution < 1.29 is 9.84 Å². The lowest BCUT2D eigenvalue weighted by molar-refractivity contribution is 0.0207. The first-order chi connectivity index (χ1) is 6.76. The topological polar surface area (TPSA) is 29.5 Å². The van der Waals surface area contributed by atoms with E-state index in [0.29, 0.717) is 6.61 Å². The van der Waals surface area contributed by atoms with Crippen molar-refractivity contribution in [3.8, 4) is 0 Å². The monoisotopic (exact) mass is 194 g/mol. The van der Waals surface area contributed by atoms with E-state index in [-0.39, 0.29) is 12.7 Å². The molecule has 0 fully saturated rings. The molecule has 0 aromatic heterocycles. The van der Waals surface area contributed by atoms with E-state index in [0.717, 1.165) is 6.42 Å². The minimum atomic E-state index is -0.0669. The number of hydrogen-bond acceptors (Lipinski definition) is 2. The molecule has 0 radical (unpaired) electrons. The second-order valence-corrected chi connectivity index (χ2v) is 3.45. The lowest BCUT2D eigenvalue weighted by Crippen LogP contribution is -2.20. The Hall–Kier alpha value is -0.860. The van der Waals surface area contributed by atoms with Crippen molar-refractivity contribution in [2.75, 3.05) is 13.2 Å². The molecule has 0 aliphatic carbocycles. The maximum absolute atomic E-state index is 9.05. The third kappa shape index (κ3) is 3.48. The molecular formula is C12H18O2. The molecule has 1 N–H and O–H groups in total. The van der Waals surface area contributed by atoms with Crippen LogP contribution in [-0.2, 0) is 11.2 Å². The molecule has 0 spiro atoms. The molecule has 1 aromatic rings. The standard InChI is InChI=1S/C12H18O2/c1-3-14-12(9-13)8-11-6-4-10(2)5-7-11/h4-7,12-13H,3,8-9H2,1-2H3. The molecule has 0 saturated heterocycles. The van der Waals surface area contributed by atoms with E-state index in [9.17, 15) is 0 Å². The number of ether oxygens (including phenoxy) is 1. The quantitative estimate of drug-likeness (QED) is 0.776.